The molecule has 1 aromatic heterocycles. The summed E-state index contributed by atoms with van der Waals surface area (Å²) in [5.41, 5.74) is 1.73. The van der Waals surface area contributed by atoms with Crippen LogP contribution < -0.4 is 9.47 Å². The standard InChI is InChI=1S/C15H17ClN2O2/c1-3-8-19-13-4-6-14(7-5-13)20-15-17-10-12(9-16)11(2)18-15/h4-7,10H,3,8-9H2,1-2H3. The largest absolute Gasteiger partial charge is 0.494 e. The van der Waals surface area contributed by atoms with Crippen molar-refractivity contribution in [2.24, 2.45) is 0 Å². The number of hydrogen-bond acceptors (Lipinski definition) is 4. The molecular weight excluding hydrogens is 276 g/mol. The molecule has 0 saturated carbocycles. The Morgan fingerprint density at radius 1 is 1.15 bits per heavy atom. The van der Waals surface area contributed by atoms with Crippen molar-refractivity contribution in [1.82, 2.24) is 9.97 Å². The summed E-state index contributed by atoms with van der Waals surface area (Å²) in [5.74, 6) is 1.90. The van der Waals surface area contributed by atoms with E-state index >= 15 is 0 Å². The molecule has 2 aromatic rings. The van der Waals surface area contributed by atoms with Crippen molar-refractivity contribution < 1.29 is 9.47 Å². The molecule has 0 spiro atoms. The Balaban J connectivity index is 2.04. The van der Waals surface area contributed by atoms with Crippen LogP contribution in [0.4, 0.5) is 0 Å². The Labute approximate surface area is 123 Å². The van der Waals surface area contributed by atoms with Crippen LogP contribution in [-0.2, 0) is 5.88 Å². The molecule has 20 heavy (non-hydrogen) atoms. The summed E-state index contributed by atoms with van der Waals surface area (Å²) in [7, 11) is 0. The number of alkyl halides is 1. The topological polar surface area (TPSA) is 44.2 Å². The minimum absolute atomic E-state index is 0.318. The van der Waals surface area contributed by atoms with Crippen molar-refractivity contribution in [3.63, 3.8) is 0 Å². The number of aromatic nitrogens is 2. The average Bonchev–Trinajstić information content (AvgIpc) is 2.47. The van der Waals surface area contributed by atoms with E-state index in [4.69, 9.17) is 21.1 Å². The van der Waals surface area contributed by atoms with E-state index in [1.54, 1.807) is 6.20 Å². The fourth-order valence-electron chi connectivity index (χ4n) is 1.58. The lowest BCUT2D eigenvalue weighted by Crippen LogP contribution is -1.97. The van der Waals surface area contributed by atoms with Crippen LogP contribution in [0, 0.1) is 6.92 Å². The van der Waals surface area contributed by atoms with Crippen LogP contribution in [-0.4, -0.2) is 16.6 Å². The lowest BCUT2D eigenvalue weighted by molar-refractivity contribution is 0.317. The van der Waals surface area contributed by atoms with Gasteiger partial charge in [0.05, 0.1) is 12.5 Å². The lowest BCUT2D eigenvalue weighted by atomic mass is 10.3. The molecular formula is C15H17ClN2O2. The number of rotatable bonds is 6. The van der Waals surface area contributed by atoms with E-state index in [9.17, 15) is 0 Å². The molecule has 0 aliphatic heterocycles. The minimum Gasteiger partial charge on any atom is -0.494 e. The first-order chi connectivity index (χ1) is 9.72. The highest BCUT2D eigenvalue weighted by molar-refractivity contribution is 6.17. The van der Waals surface area contributed by atoms with Gasteiger partial charge in [-0.1, -0.05) is 6.92 Å². The van der Waals surface area contributed by atoms with E-state index in [1.807, 2.05) is 31.2 Å². The van der Waals surface area contributed by atoms with Crippen LogP contribution in [0.1, 0.15) is 24.6 Å². The van der Waals surface area contributed by atoms with Gasteiger partial charge in [-0.2, -0.15) is 4.98 Å². The Morgan fingerprint density at radius 3 is 2.45 bits per heavy atom. The number of ether oxygens (including phenoxy) is 2. The zero-order valence-electron chi connectivity index (χ0n) is 11.6. The molecule has 5 heteroatoms. The molecule has 2 rings (SSSR count). The van der Waals surface area contributed by atoms with Crippen LogP contribution in [0.3, 0.4) is 0 Å². The maximum atomic E-state index is 5.77. The van der Waals surface area contributed by atoms with E-state index in [2.05, 4.69) is 16.9 Å². The molecule has 4 nitrogen and oxygen atoms in total. The molecule has 0 unspecified atom stereocenters. The van der Waals surface area contributed by atoms with Gasteiger partial charge in [-0.3, -0.25) is 0 Å². The van der Waals surface area contributed by atoms with E-state index < -0.39 is 0 Å². The highest BCUT2D eigenvalue weighted by Gasteiger charge is 2.05. The summed E-state index contributed by atoms with van der Waals surface area (Å²) in [6, 6.07) is 7.72. The number of hydrogen-bond donors (Lipinski definition) is 0. The Bertz CT molecular complexity index is 558. The third-order valence-corrected chi connectivity index (χ3v) is 3.00. The van der Waals surface area contributed by atoms with Crippen LogP contribution in [0.15, 0.2) is 30.5 Å². The molecule has 0 atom stereocenters. The fraction of sp³-hybridized carbons (Fsp3) is 0.333. The third-order valence-electron chi connectivity index (χ3n) is 2.71. The van der Waals surface area contributed by atoms with E-state index in [0.717, 1.165) is 23.4 Å². The molecule has 0 amide bonds. The number of halogens is 1. The maximum Gasteiger partial charge on any atom is 0.322 e. The zero-order valence-corrected chi connectivity index (χ0v) is 12.4. The molecule has 1 heterocycles. The first-order valence-corrected chi connectivity index (χ1v) is 7.05. The van der Waals surface area contributed by atoms with Crippen molar-refractivity contribution in [2.45, 2.75) is 26.1 Å². The summed E-state index contributed by atoms with van der Waals surface area (Å²) in [4.78, 5) is 8.39. The quantitative estimate of drug-likeness (QED) is 0.752. The van der Waals surface area contributed by atoms with Gasteiger partial charge in [0.15, 0.2) is 0 Å². The Morgan fingerprint density at radius 2 is 1.85 bits per heavy atom. The predicted octanol–water partition coefficient (Wildman–Crippen LogP) is 4.10. The second-order valence-electron chi connectivity index (χ2n) is 4.32. The van der Waals surface area contributed by atoms with Crippen LogP contribution in [0.2, 0.25) is 0 Å². The second kappa shape index (κ2) is 7.10. The van der Waals surface area contributed by atoms with Gasteiger partial charge < -0.3 is 9.47 Å². The van der Waals surface area contributed by atoms with Crippen LogP contribution in [0.25, 0.3) is 0 Å². The normalized spacial score (nSPS) is 10.3. The van der Waals surface area contributed by atoms with Gasteiger partial charge in [0.25, 0.3) is 0 Å². The van der Waals surface area contributed by atoms with Crippen LogP contribution >= 0.6 is 11.6 Å². The number of nitrogens with zero attached hydrogens (tertiary/aromatic N) is 2. The van der Waals surface area contributed by atoms with Crippen molar-refractivity contribution in [2.75, 3.05) is 6.61 Å². The molecule has 0 aliphatic carbocycles. The monoisotopic (exact) mass is 292 g/mol. The molecule has 0 fully saturated rings. The van der Waals surface area contributed by atoms with E-state index in [0.29, 0.717) is 24.2 Å². The molecule has 0 N–H and O–H groups in total. The molecule has 0 bridgehead atoms. The zero-order chi connectivity index (χ0) is 14.4. The third kappa shape index (κ3) is 3.84. The SMILES string of the molecule is CCCOc1ccc(Oc2ncc(CCl)c(C)n2)cc1. The van der Waals surface area contributed by atoms with E-state index in [-0.39, 0.29) is 0 Å². The van der Waals surface area contributed by atoms with Gasteiger partial charge in [-0.25, -0.2) is 4.98 Å². The molecule has 0 aliphatic rings. The molecule has 106 valence electrons. The summed E-state index contributed by atoms with van der Waals surface area (Å²) in [6.45, 7) is 4.66. The van der Waals surface area contributed by atoms with E-state index in [1.165, 1.54) is 0 Å². The minimum atomic E-state index is 0.318. The van der Waals surface area contributed by atoms with Gasteiger partial charge >= 0.3 is 6.01 Å². The smallest absolute Gasteiger partial charge is 0.322 e. The van der Waals surface area contributed by atoms with Crippen molar-refractivity contribution >= 4 is 11.6 Å². The summed E-state index contributed by atoms with van der Waals surface area (Å²) in [5, 5.41) is 0. The van der Waals surface area contributed by atoms with Gasteiger partial charge in [-0.15, -0.1) is 11.6 Å². The highest BCUT2D eigenvalue weighted by atomic mass is 35.5. The highest BCUT2D eigenvalue weighted by Crippen LogP contribution is 2.22. The van der Waals surface area contributed by atoms with Crippen molar-refractivity contribution in [1.29, 1.82) is 0 Å². The van der Waals surface area contributed by atoms with Gasteiger partial charge in [0.2, 0.25) is 0 Å². The van der Waals surface area contributed by atoms with Gasteiger partial charge in [0, 0.05) is 17.5 Å². The first kappa shape index (κ1) is 14.6. The fourth-order valence-corrected chi connectivity index (χ4v) is 1.84. The number of aryl methyl sites for hydroxylation is 1. The predicted molar refractivity (Wildman–Crippen MR) is 78.6 cm³/mol. The summed E-state index contributed by atoms with van der Waals surface area (Å²) >= 11 is 5.77. The average molecular weight is 293 g/mol. The Hall–Kier alpha value is -1.81. The first-order valence-electron chi connectivity index (χ1n) is 6.52. The lowest BCUT2D eigenvalue weighted by Gasteiger charge is -2.08. The van der Waals surface area contributed by atoms with Crippen molar-refractivity contribution in [3.05, 3.63) is 41.7 Å². The summed E-state index contributed by atoms with van der Waals surface area (Å²) < 4.78 is 11.1. The molecule has 0 saturated heterocycles. The Kier molecular flexibility index (Phi) is 5.18. The van der Waals surface area contributed by atoms with Gasteiger partial charge in [-0.05, 0) is 37.6 Å². The second-order valence-corrected chi connectivity index (χ2v) is 4.59. The summed E-state index contributed by atoms with van der Waals surface area (Å²) in [6.07, 6.45) is 2.67. The van der Waals surface area contributed by atoms with Crippen LogP contribution in [0.5, 0.6) is 17.5 Å². The maximum absolute atomic E-state index is 5.77. The van der Waals surface area contributed by atoms with Crippen molar-refractivity contribution in [3.8, 4) is 17.5 Å². The number of benzene rings is 1. The van der Waals surface area contributed by atoms with Gasteiger partial charge in [0.1, 0.15) is 11.5 Å². The molecule has 0 radical (unpaired) electrons. The molecule has 1 aromatic carbocycles.